The number of hydrogen-bond donors (Lipinski definition) is 1. The Bertz CT molecular complexity index is 1580. The molecule has 0 aliphatic carbocycles. The molecule has 1 unspecified atom stereocenters. The zero-order chi connectivity index (χ0) is 25.7. The number of benzene rings is 3. The van der Waals surface area contributed by atoms with Crippen molar-refractivity contribution in [2.24, 2.45) is 0 Å². The Balaban J connectivity index is 1.16. The quantitative estimate of drug-likeness (QED) is 0.207. The van der Waals surface area contributed by atoms with E-state index in [-0.39, 0.29) is 11.2 Å². The highest BCUT2D eigenvalue weighted by atomic mass is 79.9. The third-order valence-corrected chi connectivity index (χ3v) is 7.92. The molecule has 0 saturated carbocycles. The maximum absolute atomic E-state index is 11.3. The predicted molar refractivity (Wildman–Crippen MR) is 148 cm³/mol. The number of β-amino-alcohol motifs (C(OH)–C–C–N with tert-alkyl or cyclic N) is 1. The zero-order valence-electron chi connectivity index (χ0n) is 19.5. The molecule has 190 valence electrons. The molecule has 1 saturated heterocycles. The molecule has 3 heterocycles. The summed E-state index contributed by atoms with van der Waals surface area (Å²) in [5.41, 5.74) is 3.38. The number of nitro groups is 1. The van der Waals surface area contributed by atoms with Crippen molar-refractivity contribution >= 4 is 76.1 Å². The highest BCUT2D eigenvalue weighted by Gasteiger charge is 2.26. The third kappa shape index (κ3) is 4.48. The largest absolute Gasteiger partial charge is 0.390 e. The smallest absolute Gasteiger partial charge is 0.300 e. The van der Waals surface area contributed by atoms with Gasteiger partial charge < -0.3 is 14.6 Å². The fourth-order valence-electron chi connectivity index (χ4n) is 5.23. The number of aliphatic hydroxyl groups is 1. The standard InChI is InChI=1S/C25H22Br2N6O4/c26-15-1-3-20-18(11-15)19-12-16(27)2-4-21(19)32(20)14-17(34)13-30-7-9-31(10-8-30)22-5-6-23(33(35)36)25-24(22)28-37-29-25/h1-6,11-12,17,34H,7-10,13-14H2. The first-order valence-electron chi connectivity index (χ1n) is 11.8. The van der Waals surface area contributed by atoms with Gasteiger partial charge in [0.2, 0.25) is 5.52 Å². The summed E-state index contributed by atoms with van der Waals surface area (Å²) >= 11 is 7.16. The molecule has 2 aromatic heterocycles. The molecule has 10 nitrogen and oxygen atoms in total. The van der Waals surface area contributed by atoms with Gasteiger partial charge in [0.1, 0.15) is 0 Å². The van der Waals surface area contributed by atoms with Crippen molar-refractivity contribution in [2.75, 3.05) is 37.6 Å². The minimum absolute atomic E-state index is 0.119. The van der Waals surface area contributed by atoms with Crippen molar-refractivity contribution in [3.8, 4) is 0 Å². The zero-order valence-corrected chi connectivity index (χ0v) is 22.7. The highest BCUT2D eigenvalue weighted by molar-refractivity contribution is 9.10. The van der Waals surface area contributed by atoms with Crippen LogP contribution >= 0.6 is 31.9 Å². The summed E-state index contributed by atoms with van der Waals surface area (Å²) in [6, 6.07) is 15.6. The van der Waals surface area contributed by atoms with Crippen molar-refractivity contribution in [2.45, 2.75) is 12.6 Å². The monoisotopic (exact) mass is 628 g/mol. The first-order valence-corrected chi connectivity index (χ1v) is 13.4. The normalized spacial score (nSPS) is 15.7. The molecule has 0 bridgehead atoms. The second kappa shape index (κ2) is 9.67. The second-order valence-electron chi connectivity index (χ2n) is 9.20. The molecule has 0 amide bonds. The van der Waals surface area contributed by atoms with Gasteiger partial charge in [-0.3, -0.25) is 15.0 Å². The lowest BCUT2D eigenvalue weighted by atomic mass is 10.2. The van der Waals surface area contributed by atoms with Gasteiger partial charge in [-0.15, -0.1) is 0 Å². The maximum Gasteiger partial charge on any atom is 0.300 e. The number of nitro benzene ring substituents is 1. The average Bonchev–Trinajstić information content (AvgIpc) is 3.47. The van der Waals surface area contributed by atoms with E-state index in [0.29, 0.717) is 31.7 Å². The summed E-state index contributed by atoms with van der Waals surface area (Å²) in [5, 5.41) is 32.3. The number of rotatable bonds is 6. The lowest BCUT2D eigenvalue weighted by molar-refractivity contribution is -0.383. The Morgan fingerprint density at radius 2 is 1.54 bits per heavy atom. The molecule has 1 aliphatic heterocycles. The summed E-state index contributed by atoms with van der Waals surface area (Å²) < 4.78 is 9.03. The van der Waals surface area contributed by atoms with Gasteiger partial charge >= 0.3 is 5.69 Å². The minimum atomic E-state index is -0.552. The molecule has 5 aromatic rings. The molecule has 37 heavy (non-hydrogen) atoms. The van der Waals surface area contributed by atoms with E-state index in [1.54, 1.807) is 6.07 Å². The summed E-state index contributed by atoms with van der Waals surface area (Å²) in [5.74, 6) is 0. The molecule has 1 N–H and O–H groups in total. The van der Waals surface area contributed by atoms with E-state index in [1.807, 2.05) is 12.1 Å². The molecular formula is C25H22Br2N6O4. The summed E-state index contributed by atoms with van der Waals surface area (Å²) in [7, 11) is 0. The van der Waals surface area contributed by atoms with E-state index < -0.39 is 11.0 Å². The van der Waals surface area contributed by atoms with Crippen LogP contribution in [-0.2, 0) is 6.54 Å². The Labute approximate surface area is 227 Å². The summed E-state index contributed by atoms with van der Waals surface area (Å²) in [4.78, 5) is 15.2. The summed E-state index contributed by atoms with van der Waals surface area (Å²) in [6.45, 7) is 3.91. The molecule has 1 fully saturated rings. The van der Waals surface area contributed by atoms with Gasteiger partial charge in [0, 0.05) is 69.5 Å². The molecule has 1 atom stereocenters. The number of non-ortho nitro benzene ring substituents is 1. The molecule has 0 radical (unpaired) electrons. The fourth-order valence-corrected chi connectivity index (χ4v) is 5.95. The molecule has 3 aromatic carbocycles. The lowest BCUT2D eigenvalue weighted by Gasteiger charge is -2.36. The van der Waals surface area contributed by atoms with Gasteiger partial charge in [0.25, 0.3) is 0 Å². The lowest BCUT2D eigenvalue weighted by Crippen LogP contribution is -2.49. The maximum atomic E-state index is 11.3. The van der Waals surface area contributed by atoms with E-state index in [9.17, 15) is 15.2 Å². The van der Waals surface area contributed by atoms with Crippen LogP contribution in [0.2, 0.25) is 0 Å². The number of halogens is 2. The number of aromatic nitrogens is 3. The van der Waals surface area contributed by atoms with Gasteiger partial charge in [-0.05, 0) is 52.8 Å². The number of fused-ring (bicyclic) bond motifs is 4. The Morgan fingerprint density at radius 3 is 2.16 bits per heavy atom. The van der Waals surface area contributed by atoms with E-state index in [1.165, 1.54) is 6.07 Å². The average molecular weight is 630 g/mol. The Kier molecular flexibility index (Phi) is 6.35. The molecule has 0 spiro atoms. The van der Waals surface area contributed by atoms with Gasteiger partial charge in [0.05, 0.1) is 23.3 Å². The van der Waals surface area contributed by atoms with Crippen LogP contribution in [0.1, 0.15) is 0 Å². The molecule has 12 heteroatoms. The van der Waals surface area contributed by atoms with Crippen molar-refractivity contribution in [1.82, 2.24) is 19.8 Å². The van der Waals surface area contributed by atoms with Crippen LogP contribution in [0.3, 0.4) is 0 Å². The van der Waals surface area contributed by atoms with E-state index in [2.05, 4.69) is 80.8 Å². The first kappa shape index (κ1) is 24.3. The molecular weight excluding hydrogens is 608 g/mol. The van der Waals surface area contributed by atoms with Crippen LogP contribution in [0, 0.1) is 10.1 Å². The van der Waals surface area contributed by atoms with E-state index in [4.69, 9.17) is 4.63 Å². The fraction of sp³-hybridized carbons (Fsp3) is 0.280. The van der Waals surface area contributed by atoms with Gasteiger partial charge in [-0.2, -0.15) is 0 Å². The van der Waals surface area contributed by atoms with Crippen molar-refractivity contribution in [1.29, 1.82) is 0 Å². The number of nitrogens with zero attached hydrogens (tertiary/aromatic N) is 6. The van der Waals surface area contributed by atoms with Crippen LogP contribution in [0.5, 0.6) is 0 Å². The first-order chi connectivity index (χ1) is 17.9. The Hall–Kier alpha value is -3.06. The van der Waals surface area contributed by atoms with Crippen molar-refractivity contribution in [3.05, 3.63) is 67.6 Å². The summed E-state index contributed by atoms with van der Waals surface area (Å²) in [6.07, 6.45) is -0.552. The second-order valence-corrected chi connectivity index (χ2v) is 11.0. The number of aliphatic hydroxyl groups excluding tert-OH is 1. The number of hydrogen-bond acceptors (Lipinski definition) is 8. The minimum Gasteiger partial charge on any atom is -0.390 e. The molecule has 6 rings (SSSR count). The van der Waals surface area contributed by atoms with Gasteiger partial charge in [0.15, 0.2) is 5.52 Å². The SMILES string of the molecule is O=[N+]([O-])c1ccc(N2CCN(CC(O)Cn3c4ccc(Br)cc4c4cc(Br)ccc43)CC2)c2nonc12. The number of piperazine rings is 1. The van der Waals surface area contributed by atoms with Crippen LogP contribution in [0.15, 0.2) is 62.1 Å². The highest BCUT2D eigenvalue weighted by Crippen LogP contribution is 2.34. The topological polar surface area (TPSA) is 114 Å². The Morgan fingerprint density at radius 1 is 0.919 bits per heavy atom. The molecule has 1 aliphatic rings. The van der Waals surface area contributed by atoms with Crippen LogP contribution in [-0.4, -0.2) is 68.6 Å². The van der Waals surface area contributed by atoms with Crippen molar-refractivity contribution in [3.63, 3.8) is 0 Å². The number of anilines is 1. The van der Waals surface area contributed by atoms with E-state index in [0.717, 1.165) is 49.5 Å². The van der Waals surface area contributed by atoms with Crippen LogP contribution in [0.25, 0.3) is 32.8 Å². The van der Waals surface area contributed by atoms with Gasteiger partial charge in [-0.25, -0.2) is 4.63 Å². The van der Waals surface area contributed by atoms with Crippen LogP contribution < -0.4 is 4.90 Å². The van der Waals surface area contributed by atoms with Gasteiger partial charge in [-0.1, -0.05) is 31.9 Å². The van der Waals surface area contributed by atoms with E-state index >= 15 is 0 Å². The van der Waals surface area contributed by atoms with Crippen molar-refractivity contribution < 1.29 is 14.7 Å². The predicted octanol–water partition coefficient (Wildman–Crippen LogP) is 4.95. The van der Waals surface area contributed by atoms with Crippen LogP contribution in [0.4, 0.5) is 11.4 Å². The third-order valence-electron chi connectivity index (χ3n) is 6.93.